The van der Waals surface area contributed by atoms with Crippen molar-refractivity contribution in [1.82, 2.24) is 0 Å². The summed E-state index contributed by atoms with van der Waals surface area (Å²) in [6.07, 6.45) is 1.11. The molecule has 3 rings (SSSR count). The summed E-state index contributed by atoms with van der Waals surface area (Å²) in [5.41, 5.74) is 7.62. The van der Waals surface area contributed by atoms with Gasteiger partial charge in [0.25, 0.3) is 0 Å². The normalized spacial score (nSPS) is 18.7. The van der Waals surface area contributed by atoms with Gasteiger partial charge in [0.15, 0.2) is 11.6 Å². The zero-order valence-corrected chi connectivity index (χ0v) is 11.6. The van der Waals surface area contributed by atoms with Crippen LogP contribution in [0.5, 0.6) is 5.75 Å². The maximum absolute atomic E-state index is 13.7. The number of nitrogens with two attached hydrogens (primary N) is 1. The van der Waals surface area contributed by atoms with Gasteiger partial charge in [-0.1, -0.05) is 30.3 Å². The molecule has 2 aromatic carbocycles. The SMILES string of the molecule is NC(Cc1cccc(F)c1F)C1COc2ccccc2C1. The molecule has 1 aliphatic heterocycles. The van der Waals surface area contributed by atoms with Crippen molar-refractivity contribution in [3.63, 3.8) is 0 Å². The van der Waals surface area contributed by atoms with Gasteiger partial charge in [0, 0.05) is 12.0 Å². The quantitative estimate of drug-likeness (QED) is 0.942. The van der Waals surface area contributed by atoms with Crippen molar-refractivity contribution in [2.45, 2.75) is 18.9 Å². The van der Waals surface area contributed by atoms with E-state index in [0.29, 0.717) is 18.6 Å². The summed E-state index contributed by atoms with van der Waals surface area (Å²) in [5, 5.41) is 0. The van der Waals surface area contributed by atoms with Gasteiger partial charge in [-0.2, -0.15) is 0 Å². The van der Waals surface area contributed by atoms with Gasteiger partial charge in [-0.05, 0) is 36.1 Å². The van der Waals surface area contributed by atoms with Gasteiger partial charge in [0.1, 0.15) is 5.75 Å². The molecular weight excluding hydrogens is 272 g/mol. The standard InChI is InChI=1S/C17H17F2NO/c18-14-6-3-5-12(17(14)19)9-15(20)13-8-11-4-1-2-7-16(11)21-10-13/h1-7,13,15H,8-10,20H2. The summed E-state index contributed by atoms with van der Waals surface area (Å²) >= 11 is 0. The van der Waals surface area contributed by atoms with E-state index in [9.17, 15) is 8.78 Å². The van der Waals surface area contributed by atoms with Crippen LogP contribution in [0.4, 0.5) is 8.78 Å². The van der Waals surface area contributed by atoms with Crippen LogP contribution in [0, 0.1) is 17.6 Å². The van der Waals surface area contributed by atoms with Crippen molar-refractivity contribution in [3.8, 4) is 5.75 Å². The molecule has 2 aromatic rings. The van der Waals surface area contributed by atoms with Gasteiger partial charge in [0.05, 0.1) is 6.61 Å². The molecule has 110 valence electrons. The first-order valence-corrected chi connectivity index (χ1v) is 7.04. The Bertz CT molecular complexity index is 644. The lowest BCUT2D eigenvalue weighted by Gasteiger charge is -2.29. The van der Waals surface area contributed by atoms with Gasteiger partial charge in [-0.3, -0.25) is 0 Å². The van der Waals surface area contributed by atoms with Crippen molar-refractivity contribution >= 4 is 0 Å². The summed E-state index contributed by atoms with van der Waals surface area (Å²) < 4.78 is 32.6. The third-order valence-corrected chi connectivity index (χ3v) is 4.00. The fourth-order valence-corrected chi connectivity index (χ4v) is 2.75. The average molecular weight is 289 g/mol. The lowest BCUT2D eigenvalue weighted by atomic mass is 9.87. The van der Waals surface area contributed by atoms with E-state index < -0.39 is 11.6 Å². The average Bonchev–Trinajstić information content (AvgIpc) is 2.51. The number of benzene rings is 2. The minimum absolute atomic E-state index is 0.0996. The number of para-hydroxylation sites is 1. The molecule has 0 fully saturated rings. The highest BCUT2D eigenvalue weighted by molar-refractivity contribution is 5.35. The minimum Gasteiger partial charge on any atom is -0.493 e. The molecule has 0 amide bonds. The van der Waals surface area contributed by atoms with E-state index in [2.05, 4.69) is 0 Å². The van der Waals surface area contributed by atoms with E-state index in [1.165, 1.54) is 6.07 Å². The van der Waals surface area contributed by atoms with Crippen molar-refractivity contribution in [1.29, 1.82) is 0 Å². The lowest BCUT2D eigenvalue weighted by molar-refractivity contribution is 0.198. The van der Waals surface area contributed by atoms with Crippen LogP contribution in [0.15, 0.2) is 42.5 Å². The molecular formula is C17H17F2NO. The van der Waals surface area contributed by atoms with Gasteiger partial charge < -0.3 is 10.5 Å². The second-order valence-electron chi connectivity index (χ2n) is 5.46. The fraction of sp³-hybridized carbons (Fsp3) is 0.294. The first-order chi connectivity index (χ1) is 10.1. The van der Waals surface area contributed by atoms with Crippen molar-refractivity contribution in [2.75, 3.05) is 6.61 Å². The third-order valence-electron chi connectivity index (χ3n) is 4.00. The monoisotopic (exact) mass is 289 g/mol. The van der Waals surface area contributed by atoms with Crippen LogP contribution in [-0.4, -0.2) is 12.6 Å². The van der Waals surface area contributed by atoms with E-state index in [0.717, 1.165) is 23.8 Å². The van der Waals surface area contributed by atoms with Gasteiger partial charge in [0.2, 0.25) is 0 Å². The van der Waals surface area contributed by atoms with Crippen molar-refractivity contribution in [2.24, 2.45) is 11.7 Å². The van der Waals surface area contributed by atoms with Gasteiger partial charge in [-0.25, -0.2) is 8.78 Å². The molecule has 0 saturated carbocycles. The van der Waals surface area contributed by atoms with Crippen LogP contribution in [-0.2, 0) is 12.8 Å². The molecule has 21 heavy (non-hydrogen) atoms. The predicted octanol–water partition coefficient (Wildman–Crippen LogP) is 3.09. The second-order valence-corrected chi connectivity index (χ2v) is 5.46. The molecule has 2 unspecified atom stereocenters. The van der Waals surface area contributed by atoms with E-state index in [1.54, 1.807) is 6.07 Å². The van der Waals surface area contributed by atoms with Gasteiger partial charge >= 0.3 is 0 Å². The molecule has 4 heteroatoms. The smallest absolute Gasteiger partial charge is 0.162 e. The highest BCUT2D eigenvalue weighted by Gasteiger charge is 2.26. The summed E-state index contributed by atoms with van der Waals surface area (Å²) in [7, 11) is 0. The molecule has 2 atom stereocenters. The Morgan fingerprint density at radius 2 is 1.95 bits per heavy atom. The second kappa shape index (κ2) is 5.82. The maximum Gasteiger partial charge on any atom is 0.162 e. The number of ether oxygens (including phenoxy) is 1. The summed E-state index contributed by atoms with van der Waals surface area (Å²) in [6, 6.07) is 11.8. The zero-order valence-electron chi connectivity index (χ0n) is 11.6. The highest BCUT2D eigenvalue weighted by Crippen LogP contribution is 2.29. The number of hydrogen-bond acceptors (Lipinski definition) is 2. The third kappa shape index (κ3) is 2.90. The van der Waals surface area contributed by atoms with Crippen LogP contribution in [0.2, 0.25) is 0 Å². The highest BCUT2D eigenvalue weighted by atomic mass is 19.2. The van der Waals surface area contributed by atoms with E-state index in [4.69, 9.17) is 10.5 Å². The molecule has 2 N–H and O–H groups in total. The first kappa shape index (κ1) is 14.0. The molecule has 0 aliphatic carbocycles. The van der Waals surface area contributed by atoms with E-state index in [1.807, 2.05) is 24.3 Å². The van der Waals surface area contributed by atoms with E-state index in [-0.39, 0.29) is 12.0 Å². The molecule has 0 saturated heterocycles. The van der Waals surface area contributed by atoms with Crippen LogP contribution in [0.1, 0.15) is 11.1 Å². The topological polar surface area (TPSA) is 35.2 Å². The van der Waals surface area contributed by atoms with Crippen molar-refractivity contribution < 1.29 is 13.5 Å². The first-order valence-electron chi connectivity index (χ1n) is 7.04. The Kier molecular flexibility index (Phi) is 3.88. The molecule has 0 spiro atoms. The molecule has 2 nitrogen and oxygen atoms in total. The molecule has 0 bridgehead atoms. The molecule has 0 aromatic heterocycles. The van der Waals surface area contributed by atoms with Crippen molar-refractivity contribution in [3.05, 3.63) is 65.2 Å². The Balaban J connectivity index is 1.72. The predicted molar refractivity (Wildman–Crippen MR) is 77.2 cm³/mol. The summed E-state index contributed by atoms with van der Waals surface area (Å²) in [6.45, 7) is 0.509. The van der Waals surface area contributed by atoms with Crippen LogP contribution in [0.3, 0.4) is 0 Å². The number of hydrogen-bond donors (Lipinski definition) is 1. The molecule has 0 radical (unpaired) electrons. The van der Waals surface area contributed by atoms with Crippen LogP contribution >= 0.6 is 0 Å². The van der Waals surface area contributed by atoms with E-state index >= 15 is 0 Å². The number of rotatable bonds is 3. The lowest BCUT2D eigenvalue weighted by Crippen LogP contribution is -2.39. The summed E-state index contributed by atoms with van der Waals surface area (Å²) in [5.74, 6) is -0.643. The Morgan fingerprint density at radius 3 is 2.81 bits per heavy atom. The number of fused-ring (bicyclic) bond motifs is 1. The van der Waals surface area contributed by atoms with Crippen LogP contribution < -0.4 is 10.5 Å². The Hall–Kier alpha value is -1.94. The van der Waals surface area contributed by atoms with Crippen LogP contribution in [0.25, 0.3) is 0 Å². The zero-order chi connectivity index (χ0) is 14.8. The Morgan fingerprint density at radius 1 is 1.14 bits per heavy atom. The summed E-state index contributed by atoms with van der Waals surface area (Å²) in [4.78, 5) is 0. The maximum atomic E-state index is 13.7. The van der Waals surface area contributed by atoms with Gasteiger partial charge in [-0.15, -0.1) is 0 Å². The minimum atomic E-state index is -0.829. The number of halogens is 2. The largest absolute Gasteiger partial charge is 0.493 e. The Labute approximate surface area is 122 Å². The molecule has 1 aliphatic rings. The molecule has 1 heterocycles. The fourth-order valence-electron chi connectivity index (χ4n) is 2.75.